The van der Waals surface area contributed by atoms with Crippen molar-refractivity contribution in [1.82, 2.24) is 4.90 Å². The van der Waals surface area contributed by atoms with Gasteiger partial charge in [-0.05, 0) is 6.92 Å². The molecule has 0 aromatic carbocycles. The van der Waals surface area contributed by atoms with Crippen molar-refractivity contribution in [2.24, 2.45) is 0 Å². The average Bonchev–Trinajstić information content (AvgIpc) is 2.28. The number of aliphatic hydroxyl groups is 1. The van der Waals surface area contributed by atoms with E-state index in [9.17, 15) is 5.11 Å². The van der Waals surface area contributed by atoms with Crippen LogP contribution in [0.2, 0.25) is 0 Å². The molecular weight excluding hydrogens is 194 g/mol. The molecule has 0 saturated carbocycles. The minimum Gasteiger partial charge on any atom is -0.389 e. The molecule has 0 aromatic rings. The number of thiol groups is 1. The van der Waals surface area contributed by atoms with Crippen LogP contribution in [0.3, 0.4) is 0 Å². The fourth-order valence-corrected chi connectivity index (χ4v) is 1.94. The molecule has 0 aliphatic carbocycles. The molecule has 3 nitrogen and oxygen atoms in total. The summed E-state index contributed by atoms with van der Waals surface area (Å²) >= 11 is 4.14. The van der Waals surface area contributed by atoms with E-state index in [1.165, 1.54) is 10.8 Å². The van der Waals surface area contributed by atoms with Crippen LogP contribution in [-0.4, -0.2) is 47.8 Å². The molecular formula is C7H15NO2S2. The maximum absolute atomic E-state index is 9.40. The first-order valence-electron chi connectivity index (χ1n) is 4.04. The Kier molecular flexibility index (Phi) is 4.74. The highest BCUT2D eigenvalue weighted by atomic mass is 33.1. The molecule has 1 N–H and O–H groups in total. The van der Waals surface area contributed by atoms with Gasteiger partial charge in [-0.1, -0.05) is 10.8 Å². The number of hydrogen-bond acceptors (Lipinski definition) is 5. The molecule has 1 aliphatic rings. The molecule has 2 unspecified atom stereocenters. The van der Waals surface area contributed by atoms with Crippen molar-refractivity contribution < 1.29 is 9.84 Å². The summed E-state index contributed by atoms with van der Waals surface area (Å²) < 4.78 is 5.21. The van der Waals surface area contributed by atoms with Crippen LogP contribution in [0.15, 0.2) is 0 Å². The van der Waals surface area contributed by atoms with E-state index in [2.05, 4.69) is 23.5 Å². The van der Waals surface area contributed by atoms with Crippen LogP contribution in [0.1, 0.15) is 6.92 Å². The first-order valence-corrected chi connectivity index (χ1v) is 5.97. The number of nitrogens with zero attached hydrogens (tertiary/aromatic N) is 1. The summed E-state index contributed by atoms with van der Waals surface area (Å²) in [6, 6.07) is 0. The van der Waals surface area contributed by atoms with Crippen LogP contribution >= 0.6 is 22.5 Å². The summed E-state index contributed by atoms with van der Waals surface area (Å²) in [5.41, 5.74) is 0. The Balaban J connectivity index is 2.40. The topological polar surface area (TPSA) is 32.7 Å². The highest BCUT2D eigenvalue weighted by Gasteiger charge is 2.20. The molecule has 0 amide bonds. The van der Waals surface area contributed by atoms with Gasteiger partial charge in [0.1, 0.15) is 0 Å². The number of aliphatic hydroxyl groups excluding tert-OH is 1. The lowest BCUT2D eigenvalue weighted by Crippen LogP contribution is -2.37. The summed E-state index contributed by atoms with van der Waals surface area (Å²) in [5.74, 6) is 0. The lowest BCUT2D eigenvalue weighted by Gasteiger charge is -2.25. The molecule has 5 heteroatoms. The molecule has 0 radical (unpaired) electrons. The zero-order valence-electron chi connectivity index (χ0n) is 7.14. The number of ether oxygens (including phenoxy) is 1. The Hall–Kier alpha value is 0.580. The molecule has 1 rings (SSSR count). The fraction of sp³-hybridized carbons (Fsp3) is 1.00. The van der Waals surface area contributed by atoms with Gasteiger partial charge in [-0.3, -0.25) is 4.90 Å². The van der Waals surface area contributed by atoms with Gasteiger partial charge in [-0.25, -0.2) is 0 Å². The normalized spacial score (nSPS) is 29.8. The fourth-order valence-electron chi connectivity index (χ4n) is 1.21. The largest absolute Gasteiger partial charge is 0.389 e. The van der Waals surface area contributed by atoms with Gasteiger partial charge in [0, 0.05) is 13.1 Å². The minimum absolute atomic E-state index is 0.338. The monoisotopic (exact) mass is 209 g/mol. The maximum atomic E-state index is 9.40. The SMILES string of the molecule is CC(SS)N1CCOCC(O)C1. The number of rotatable bonds is 2. The van der Waals surface area contributed by atoms with Gasteiger partial charge in [-0.2, -0.15) is 0 Å². The highest BCUT2D eigenvalue weighted by molar-refractivity contribution is 8.68. The highest BCUT2D eigenvalue weighted by Crippen LogP contribution is 2.19. The van der Waals surface area contributed by atoms with Crippen molar-refractivity contribution in [1.29, 1.82) is 0 Å². The third kappa shape index (κ3) is 3.14. The van der Waals surface area contributed by atoms with Crippen molar-refractivity contribution in [3.05, 3.63) is 0 Å². The second-order valence-electron chi connectivity index (χ2n) is 2.93. The van der Waals surface area contributed by atoms with Crippen molar-refractivity contribution in [2.45, 2.75) is 18.4 Å². The van der Waals surface area contributed by atoms with Crippen LogP contribution in [0.4, 0.5) is 0 Å². The van der Waals surface area contributed by atoms with Crippen molar-refractivity contribution in [2.75, 3.05) is 26.3 Å². The summed E-state index contributed by atoms with van der Waals surface area (Å²) in [6.45, 7) is 4.81. The lowest BCUT2D eigenvalue weighted by molar-refractivity contribution is 0.0563. The molecule has 1 saturated heterocycles. The molecule has 0 aromatic heterocycles. The van der Waals surface area contributed by atoms with E-state index < -0.39 is 0 Å². The van der Waals surface area contributed by atoms with Crippen LogP contribution in [-0.2, 0) is 4.74 Å². The predicted octanol–water partition coefficient (Wildman–Crippen LogP) is 0.603. The van der Waals surface area contributed by atoms with Crippen molar-refractivity contribution in [3.63, 3.8) is 0 Å². The van der Waals surface area contributed by atoms with E-state index in [1.54, 1.807) is 0 Å². The number of hydrogen-bond donors (Lipinski definition) is 2. The van der Waals surface area contributed by atoms with Crippen molar-refractivity contribution >= 4 is 22.5 Å². The molecule has 0 spiro atoms. The summed E-state index contributed by atoms with van der Waals surface area (Å²) in [5, 5.41) is 9.74. The van der Waals surface area contributed by atoms with Crippen molar-refractivity contribution in [3.8, 4) is 0 Å². The molecule has 12 heavy (non-hydrogen) atoms. The molecule has 2 atom stereocenters. The first-order chi connectivity index (χ1) is 5.74. The Morgan fingerprint density at radius 2 is 2.50 bits per heavy atom. The zero-order chi connectivity index (χ0) is 8.97. The van der Waals surface area contributed by atoms with E-state index in [0.717, 1.165) is 6.54 Å². The molecule has 72 valence electrons. The third-order valence-corrected chi connectivity index (χ3v) is 3.46. The van der Waals surface area contributed by atoms with Crippen LogP contribution in [0.5, 0.6) is 0 Å². The zero-order valence-corrected chi connectivity index (χ0v) is 8.85. The van der Waals surface area contributed by atoms with Gasteiger partial charge in [0.05, 0.1) is 24.7 Å². The van der Waals surface area contributed by atoms with Gasteiger partial charge in [0.2, 0.25) is 0 Å². The molecule has 1 fully saturated rings. The van der Waals surface area contributed by atoms with Gasteiger partial charge < -0.3 is 9.84 Å². The lowest BCUT2D eigenvalue weighted by atomic mass is 10.3. The Bertz CT molecular complexity index is 137. The molecule has 0 bridgehead atoms. The van der Waals surface area contributed by atoms with E-state index in [-0.39, 0.29) is 6.10 Å². The van der Waals surface area contributed by atoms with Crippen LogP contribution in [0.25, 0.3) is 0 Å². The minimum atomic E-state index is -0.351. The quantitative estimate of drug-likeness (QED) is 0.515. The van der Waals surface area contributed by atoms with E-state index in [0.29, 0.717) is 25.1 Å². The second kappa shape index (κ2) is 5.34. The second-order valence-corrected chi connectivity index (χ2v) is 4.45. The average molecular weight is 209 g/mol. The summed E-state index contributed by atoms with van der Waals surface area (Å²) in [7, 11) is 1.50. The van der Waals surface area contributed by atoms with Gasteiger partial charge in [0.15, 0.2) is 0 Å². The van der Waals surface area contributed by atoms with Gasteiger partial charge in [0.25, 0.3) is 0 Å². The maximum Gasteiger partial charge on any atom is 0.0900 e. The third-order valence-electron chi connectivity index (χ3n) is 1.95. The van der Waals surface area contributed by atoms with E-state index >= 15 is 0 Å². The summed E-state index contributed by atoms with van der Waals surface area (Å²) in [4.78, 5) is 2.18. The Labute approximate surface area is 82.3 Å². The Morgan fingerprint density at radius 3 is 3.17 bits per heavy atom. The molecule has 1 heterocycles. The van der Waals surface area contributed by atoms with E-state index in [4.69, 9.17) is 4.74 Å². The van der Waals surface area contributed by atoms with Crippen LogP contribution in [0, 0.1) is 0 Å². The Morgan fingerprint density at radius 1 is 1.75 bits per heavy atom. The smallest absolute Gasteiger partial charge is 0.0900 e. The predicted molar refractivity (Wildman–Crippen MR) is 54.4 cm³/mol. The van der Waals surface area contributed by atoms with Crippen LogP contribution < -0.4 is 0 Å². The molecule has 1 aliphatic heterocycles. The van der Waals surface area contributed by atoms with Gasteiger partial charge >= 0.3 is 0 Å². The standard InChI is InChI=1S/C7H15NO2S2/c1-6(12-11)8-2-3-10-5-7(9)4-8/h6-7,9,11H,2-5H2,1H3. The summed E-state index contributed by atoms with van der Waals surface area (Å²) in [6.07, 6.45) is -0.351. The van der Waals surface area contributed by atoms with E-state index in [1.807, 2.05) is 0 Å². The van der Waals surface area contributed by atoms with Gasteiger partial charge in [-0.15, -0.1) is 11.7 Å². The first kappa shape index (κ1) is 10.7. The number of β-amino-alcohol motifs (C(OH)–C–C–N with tert-alkyl or cyclic N) is 1.